The largest absolute Gasteiger partial charge is 0.454 e. The zero-order valence-electron chi connectivity index (χ0n) is 13.8. The molecule has 0 radical (unpaired) electrons. The maximum Gasteiger partial charge on any atom is 0.244 e. The average Bonchev–Trinajstić information content (AvgIpc) is 3.22. The predicted molar refractivity (Wildman–Crippen MR) is 96.5 cm³/mol. The van der Waals surface area contributed by atoms with Crippen LogP contribution in [0.15, 0.2) is 48.5 Å². The molecule has 0 saturated carbocycles. The Balaban J connectivity index is 1.38. The molecule has 25 heavy (non-hydrogen) atoms. The third-order valence-corrected chi connectivity index (χ3v) is 4.11. The second kappa shape index (κ2) is 6.36. The van der Waals surface area contributed by atoms with Crippen LogP contribution in [0.3, 0.4) is 0 Å². The monoisotopic (exact) mass is 334 g/mol. The Morgan fingerprint density at radius 2 is 2.04 bits per heavy atom. The normalized spacial score (nSPS) is 12.8. The fourth-order valence-corrected chi connectivity index (χ4v) is 2.87. The second-order valence-corrected chi connectivity index (χ2v) is 6.04. The summed E-state index contributed by atoms with van der Waals surface area (Å²) in [7, 11) is 0. The first-order valence-electron chi connectivity index (χ1n) is 8.11. The van der Waals surface area contributed by atoms with Crippen LogP contribution in [0.25, 0.3) is 17.0 Å². The van der Waals surface area contributed by atoms with Crippen molar-refractivity contribution in [3.63, 3.8) is 0 Å². The van der Waals surface area contributed by atoms with Gasteiger partial charge in [0.2, 0.25) is 12.7 Å². The first-order chi connectivity index (χ1) is 12.2. The smallest absolute Gasteiger partial charge is 0.244 e. The number of carbonyl (C=O) groups excluding carboxylic acids is 1. The quantitative estimate of drug-likeness (QED) is 0.718. The summed E-state index contributed by atoms with van der Waals surface area (Å²) < 4.78 is 10.6. The lowest BCUT2D eigenvalue weighted by molar-refractivity contribution is -0.116. The Hall–Kier alpha value is -3.21. The van der Waals surface area contributed by atoms with Gasteiger partial charge in [0, 0.05) is 23.8 Å². The minimum atomic E-state index is -0.136. The van der Waals surface area contributed by atoms with Crippen LogP contribution in [0.4, 0.5) is 0 Å². The van der Waals surface area contributed by atoms with E-state index in [0.29, 0.717) is 12.3 Å². The zero-order valence-corrected chi connectivity index (χ0v) is 13.8. The van der Waals surface area contributed by atoms with Gasteiger partial charge in [-0.05, 0) is 59.8 Å². The van der Waals surface area contributed by atoms with Gasteiger partial charge >= 0.3 is 0 Å². The number of ether oxygens (including phenoxy) is 2. The van der Waals surface area contributed by atoms with Gasteiger partial charge in [-0.2, -0.15) is 0 Å². The SMILES string of the molecule is Cc1cc2cc(CNC(=O)C=Cc3ccc4c(c3)OCO4)ccc2[nH]1. The minimum absolute atomic E-state index is 0.136. The number of nitrogens with one attached hydrogen (secondary N) is 2. The van der Waals surface area contributed by atoms with E-state index in [4.69, 9.17) is 9.47 Å². The molecule has 0 spiro atoms. The third kappa shape index (κ3) is 3.35. The molecule has 0 unspecified atom stereocenters. The number of aryl methyl sites for hydroxylation is 1. The number of carbonyl (C=O) groups is 1. The Kier molecular flexibility index (Phi) is 3.90. The number of rotatable bonds is 4. The number of amides is 1. The van der Waals surface area contributed by atoms with Crippen LogP contribution in [0.5, 0.6) is 11.5 Å². The number of hydrogen-bond donors (Lipinski definition) is 2. The van der Waals surface area contributed by atoms with Gasteiger partial charge in [-0.15, -0.1) is 0 Å². The van der Waals surface area contributed by atoms with E-state index in [9.17, 15) is 4.79 Å². The number of aromatic amines is 1. The molecule has 0 aliphatic carbocycles. The van der Waals surface area contributed by atoms with Crippen LogP contribution in [-0.4, -0.2) is 17.7 Å². The number of fused-ring (bicyclic) bond motifs is 2. The Morgan fingerprint density at radius 1 is 1.16 bits per heavy atom. The Labute approximate surface area is 145 Å². The molecule has 126 valence electrons. The molecule has 0 atom stereocenters. The average molecular weight is 334 g/mol. The number of aromatic nitrogens is 1. The molecule has 1 amide bonds. The number of hydrogen-bond acceptors (Lipinski definition) is 3. The van der Waals surface area contributed by atoms with E-state index >= 15 is 0 Å². The van der Waals surface area contributed by atoms with E-state index in [0.717, 1.165) is 33.5 Å². The Morgan fingerprint density at radius 3 is 2.96 bits per heavy atom. The van der Waals surface area contributed by atoms with E-state index in [-0.39, 0.29) is 12.7 Å². The summed E-state index contributed by atoms with van der Waals surface area (Å²) in [5.74, 6) is 1.30. The van der Waals surface area contributed by atoms with E-state index in [1.54, 1.807) is 6.08 Å². The highest BCUT2D eigenvalue weighted by Gasteiger charge is 2.12. The molecule has 2 heterocycles. The number of benzene rings is 2. The molecule has 5 heteroatoms. The van der Waals surface area contributed by atoms with Crippen molar-refractivity contribution >= 4 is 22.9 Å². The van der Waals surface area contributed by atoms with Gasteiger partial charge in [0.05, 0.1) is 0 Å². The highest BCUT2D eigenvalue weighted by atomic mass is 16.7. The summed E-state index contributed by atoms with van der Waals surface area (Å²) >= 11 is 0. The van der Waals surface area contributed by atoms with Crippen molar-refractivity contribution in [1.82, 2.24) is 10.3 Å². The molecule has 0 bridgehead atoms. The van der Waals surface area contributed by atoms with Gasteiger partial charge < -0.3 is 19.8 Å². The van der Waals surface area contributed by atoms with Gasteiger partial charge in [0.15, 0.2) is 11.5 Å². The zero-order chi connectivity index (χ0) is 17.2. The summed E-state index contributed by atoms with van der Waals surface area (Å²) in [6, 6.07) is 13.8. The van der Waals surface area contributed by atoms with Crippen LogP contribution in [0, 0.1) is 6.92 Å². The van der Waals surface area contributed by atoms with Crippen molar-refractivity contribution in [2.24, 2.45) is 0 Å². The van der Waals surface area contributed by atoms with Crippen molar-refractivity contribution in [3.8, 4) is 11.5 Å². The lowest BCUT2D eigenvalue weighted by Gasteiger charge is -2.03. The van der Waals surface area contributed by atoms with E-state index in [2.05, 4.69) is 22.4 Å². The summed E-state index contributed by atoms with van der Waals surface area (Å²) in [5, 5.41) is 4.05. The van der Waals surface area contributed by atoms with Crippen LogP contribution in [0.1, 0.15) is 16.8 Å². The highest BCUT2D eigenvalue weighted by molar-refractivity contribution is 5.91. The maximum absolute atomic E-state index is 12.0. The van der Waals surface area contributed by atoms with Gasteiger partial charge in [0.1, 0.15) is 0 Å². The highest BCUT2D eigenvalue weighted by Crippen LogP contribution is 2.32. The van der Waals surface area contributed by atoms with Gasteiger partial charge in [-0.1, -0.05) is 12.1 Å². The lowest BCUT2D eigenvalue weighted by Crippen LogP contribution is -2.20. The molecule has 1 aromatic heterocycles. The van der Waals surface area contributed by atoms with Crippen LogP contribution < -0.4 is 14.8 Å². The Bertz CT molecular complexity index is 972. The molecule has 1 aliphatic rings. The fourth-order valence-electron chi connectivity index (χ4n) is 2.87. The van der Waals surface area contributed by atoms with Gasteiger partial charge in [-0.3, -0.25) is 4.79 Å². The molecule has 3 aromatic rings. The van der Waals surface area contributed by atoms with E-state index in [1.807, 2.05) is 37.3 Å². The van der Waals surface area contributed by atoms with E-state index < -0.39 is 0 Å². The molecular weight excluding hydrogens is 316 g/mol. The molecule has 1 aliphatic heterocycles. The molecular formula is C20H18N2O3. The summed E-state index contributed by atoms with van der Waals surface area (Å²) in [6.07, 6.45) is 3.28. The summed E-state index contributed by atoms with van der Waals surface area (Å²) in [4.78, 5) is 15.3. The van der Waals surface area contributed by atoms with Crippen molar-refractivity contribution in [1.29, 1.82) is 0 Å². The second-order valence-electron chi connectivity index (χ2n) is 6.04. The van der Waals surface area contributed by atoms with Crippen LogP contribution in [-0.2, 0) is 11.3 Å². The van der Waals surface area contributed by atoms with Crippen molar-refractivity contribution in [2.45, 2.75) is 13.5 Å². The lowest BCUT2D eigenvalue weighted by atomic mass is 10.1. The van der Waals surface area contributed by atoms with Crippen molar-refractivity contribution < 1.29 is 14.3 Å². The van der Waals surface area contributed by atoms with Crippen molar-refractivity contribution in [3.05, 3.63) is 65.4 Å². The third-order valence-electron chi connectivity index (χ3n) is 4.11. The van der Waals surface area contributed by atoms with Gasteiger partial charge in [-0.25, -0.2) is 0 Å². The van der Waals surface area contributed by atoms with E-state index in [1.165, 1.54) is 6.08 Å². The van der Waals surface area contributed by atoms with Crippen molar-refractivity contribution in [2.75, 3.05) is 6.79 Å². The molecule has 5 nitrogen and oxygen atoms in total. The maximum atomic E-state index is 12.0. The molecule has 4 rings (SSSR count). The minimum Gasteiger partial charge on any atom is -0.454 e. The molecule has 0 saturated heterocycles. The molecule has 0 fully saturated rings. The molecule has 2 aromatic carbocycles. The molecule has 2 N–H and O–H groups in total. The van der Waals surface area contributed by atoms with Crippen LogP contribution in [0.2, 0.25) is 0 Å². The predicted octanol–water partition coefficient (Wildman–Crippen LogP) is 3.53. The summed E-state index contributed by atoms with van der Waals surface area (Å²) in [6.45, 7) is 2.76. The van der Waals surface area contributed by atoms with Gasteiger partial charge in [0.25, 0.3) is 0 Å². The standard InChI is InChI=1S/C20H18N2O3/c1-13-8-16-9-15(2-5-17(16)22-13)11-21-20(23)7-4-14-3-6-18-19(10-14)25-12-24-18/h2-10,22H,11-12H2,1H3,(H,21,23). The summed E-state index contributed by atoms with van der Waals surface area (Å²) in [5.41, 5.74) is 4.19. The topological polar surface area (TPSA) is 63.4 Å². The fraction of sp³-hybridized carbons (Fsp3) is 0.150. The first-order valence-corrected chi connectivity index (χ1v) is 8.11. The first kappa shape index (κ1) is 15.3. The van der Waals surface area contributed by atoms with Crippen LogP contribution >= 0.6 is 0 Å². The number of H-pyrrole nitrogens is 1.